The van der Waals surface area contributed by atoms with Gasteiger partial charge < -0.3 is 11.1 Å². The van der Waals surface area contributed by atoms with Crippen molar-refractivity contribution in [2.75, 3.05) is 11.1 Å². The van der Waals surface area contributed by atoms with Gasteiger partial charge in [-0.1, -0.05) is 13.0 Å². The second-order valence-corrected chi connectivity index (χ2v) is 8.00. The van der Waals surface area contributed by atoms with Crippen LogP contribution in [-0.2, 0) is 6.42 Å². The summed E-state index contributed by atoms with van der Waals surface area (Å²) in [6.45, 7) is 3.65. The molecule has 0 bridgehead atoms. The lowest BCUT2D eigenvalue weighted by atomic mass is 10.1. The standard InChI is InChI=1S/C23H20FN5OS/c1-3-18-21(29-23(31-18)15-7-9-19(25)26-12-15)14-8-10-20(27-11-14)28-22(30)16-5-4-6-17(24)13(16)2/h4-12H,3H2,1-2H3,(H2,25,26)(H,27,28,30). The van der Waals surface area contributed by atoms with Gasteiger partial charge in [0.05, 0.1) is 5.69 Å². The molecule has 4 aromatic rings. The summed E-state index contributed by atoms with van der Waals surface area (Å²) in [5, 5.41) is 3.57. The molecule has 6 nitrogen and oxygen atoms in total. The maximum absolute atomic E-state index is 13.7. The van der Waals surface area contributed by atoms with Crippen LogP contribution in [0.25, 0.3) is 21.8 Å². The summed E-state index contributed by atoms with van der Waals surface area (Å²) in [5.41, 5.74) is 8.86. The Kier molecular flexibility index (Phi) is 5.73. The van der Waals surface area contributed by atoms with Crippen molar-refractivity contribution in [2.45, 2.75) is 20.3 Å². The van der Waals surface area contributed by atoms with E-state index in [2.05, 4.69) is 22.2 Å². The van der Waals surface area contributed by atoms with Crippen molar-refractivity contribution in [2.24, 2.45) is 0 Å². The lowest BCUT2D eigenvalue weighted by Gasteiger charge is -2.08. The van der Waals surface area contributed by atoms with E-state index in [1.54, 1.807) is 48.9 Å². The van der Waals surface area contributed by atoms with Gasteiger partial charge in [0.25, 0.3) is 5.91 Å². The zero-order valence-corrected chi connectivity index (χ0v) is 17.8. The zero-order chi connectivity index (χ0) is 22.0. The maximum Gasteiger partial charge on any atom is 0.257 e. The molecule has 0 radical (unpaired) electrons. The molecule has 0 atom stereocenters. The molecule has 156 valence electrons. The van der Waals surface area contributed by atoms with Gasteiger partial charge in [-0.05, 0) is 55.3 Å². The van der Waals surface area contributed by atoms with E-state index in [-0.39, 0.29) is 5.56 Å². The molecule has 3 heterocycles. The number of thiazole rings is 1. The molecule has 4 rings (SSSR count). The van der Waals surface area contributed by atoms with Gasteiger partial charge in [0.2, 0.25) is 0 Å². The molecule has 0 fully saturated rings. The lowest BCUT2D eigenvalue weighted by molar-refractivity contribution is 0.102. The minimum Gasteiger partial charge on any atom is -0.384 e. The Morgan fingerprint density at radius 1 is 1.10 bits per heavy atom. The summed E-state index contributed by atoms with van der Waals surface area (Å²) in [6, 6.07) is 11.6. The van der Waals surface area contributed by atoms with Gasteiger partial charge in [-0.3, -0.25) is 4.79 Å². The van der Waals surface area contributed by atoms with Crippen LogP contribution in [-0.4, -0.2) is 20.9 Å². The highest BCUT2D eigenvalue weighted by molar-refractivity contribution is 7.15. The lowest BCUT2D eigenvalue weighted by Crippen LogP contribution is -2.14. The van der Waals surface area contributed by atoms with Gasteiger partial charge in [0, 0.05) is 34.0 Å². The number of nitrogens with one attached hydrogen (secondary N) is 1. The molecule has 0 saturated heterocycles. The smallest absolute Gasteiger partial charge is 0.257 e. The molecule has 3 aromatic heterocycles. The number of anilines is 2. The summed E-state index contributed by atoms with van der Waals surface area (Å²) in [6.07, 6.45) is 4.21. The van der Waals surface area contributed by atoms with Crippen LogP contribution in [0.15, 0.2) is 54.9 Å². The molecule has 0 spiro atoms. The number of benzene rings is 1. The molecular formula is C23H20FN5OS. The van der Waals surface area contributed by atoms with Gasteiger partial charge in [0.15, 0.2) is 0 Å². The highest BCUT2D eigenvalue weighted by atomic mass is 32.1. The first-order valence-corrected chi connectivity index (χ1v) is 10.5. The third-order valence-corrected chi connectivity index (χ3v) is 6.09. The second-order valence-electron chi connectivity index (χ2n) is 6.91. The van der Waals surface area contributed by atoms with Gasteiger partial charge in [-0.2, -0.15) is 0 Å². The first-order chi connectivity index (χ1) is 15.0. The summed E-state index contributed by atoms with van der Waals surface area (Å²) < 4.78 is 13.7. The van der Waals surface area contributed by atoms with Gasteiger partial charge in [0.1, 0.15) is 22.5 Å². The number of aryl methyl sites for hydroxylation is 1. The number of amides is 1. The second kappa shape index (κ2) is 8.61. The Morgan fingerprint density at radius 2 is 1.87 bits per heavy atom. The zero-order valence-electron chi connectivity index (χ0n) is 17.0. The Bertz CT molecular complexity index is 1240. The molecule has 0 unspecified atom stereocenters. The number of carbonyl (C=O) groups excluding carboxylic acids is 1. The van der Waals surface area contributed by atoms with Crippen LogP contribution in [0, 0.1) is 12.7 Å². The number of aromatic nitrogens is 3. The number of rotatable bonds is 5. The fraction of sp³-hybridized carbons (Fsp3) is 0.130. The number of carbonyl (C=O) groups is 1. The van der Waals surface area contributed by atoms with E-state index < -0.39 is 11.7 Å². The van der Waals surface area contributed by atoms with Crippen molar-refractivity contribution >= 4 is 28.9 Å². The number of hydrogen-bond acceptors (Lipinski definition) is 6. The van der Waals surface area contributed by atoms with E-state index >= 15 is 0 Å². The molecule has 0 aliphatic rings. The highest BCUT2D eigenvalue weighted by Crippen LogP contribution is 2.34. The van der Waals surface area contributed by atoms with Crippen LogP contribution in [0.4, 0.5) is 16.0 Å². The third-order valence-electron chi connectivity index (χ3n) is 4.84. The predicted octanol–water partition coefficient (Wildman–Crippen LogP) is 5.11. The largest absolute Gasteiger partial charge is 0.384 e. The van der Waals surface area contributed by atoms with E-state index in [9.17, 15) is 9.18 Å². The van der Waals surface area contributed by atoms with Crippen molar-refractivity contribution in [3.63, 3.8) is 0 Å². The maximum atomic E-state index is 13.7. The molecule has 0 aliphatic heterocycles. The normalized spacial score (nSPS) is 10.8. The number of pyridine rings is 2. The van der Waals surface area contributed by atoms with Crippen LogP contribution < -0.4 is 11.1 Å². The van der Waals surface area contributed by atoms with E-state index in [0.29, 0.717) is 17.2 Å². The van der Waals surface area contributed by atoms with Crippen LogP contribution in [0.2, 0.25) is 0 Å². The molecule has 3 N–H and O–H groups in total. The summed E-state index contributed by atoms with van der Waals surface area (Å²) >= 11 is 1.60. The third kappa shape index (κ3) is 4.29. The first kappa shape index (κ1) is 20.6. The van der Waals surface area contributed by atoms with E-state index in [1.165, 1.54) is 12.1 Å². The van der Waals surface area contributed by atoms with E-state index in [0.717, 1.165) is 33.1 Å². The minimum absolute atomic E-state index is 0.278. The van der Waals surface area contributed by atoms with Crippen LogP contribution >= 0.6 is 11.3 Å². The molecule has 8 heteroatoms. The van der Waals surface area contributed by atoms with Crippen LogP contribution in [0.3, 0.4) is 0 Å². The van der Waals surface area contributed by atoms with Gasteiger partial charge in [-0.25, -0.2) is 19.3 Å². The quantitative estimate of drug-likeness (QED) is 0.456. The first-order valence-electron chi connectivity index (χ1n) is 9.70. The average molecular weight is 434 g/mol. The topological polar surface area (TPSA) is 93.8 Å². The van der Waals surface area contributed by atoms with Crippen molar-refractivity contribution in [3.05, 3.63) is 76.7 Å². The van der Waals surface area contributed by atoms with Gasteiger partial charge >= 0.3 is 0 Å². The van der Waals surface area contributed by atoms with Gasteiger partial charge in [-0.15, -0.1) is 11.3 Å². The number of nitrogens with zero attached hydrogens (tertiary/aromatic N) is 3. The Labute approximate surface area is 183 Å². The summed E-state index contributed by atoms with van der Waals surface area (Å²) in [7, 11) is 0. The SMILES string of the molecule is CCc1sc(-c2ccc(N)nc2)nc1-c1ccc(NC(=O)c2cccc(F)c2C)nc1. The summed E-state index contributed by atoms with van der Waals surface area (Å²) in [5.74, 6) is 0.0251. The van der Waals surface area contributed by atoms with Crippen LogP contribution in [0.1, 0.15) is 27.7 Å². The molecule has 1 aromatic carbocycles. The van der Waals surface area contributed by atoms with Crippen molar-refractivity contribution in [3.8, 4) is 21.8 Å². The van der Waals surface area contributed by atoms with Crippen LogP contribution in [0.5, 0.6) is 0 Å². The fourth-order valence-corrected chi connectivity index (χ4v) is 4.13. The Hall–Kier alpha value is -3.65. The monoisotopic (exact) mass is 433 g/mol. The Balaban J connectivity index is 1.57. The van der Waals surface area contributed by atoms with E-state index in [1.807, 2.05) is 12.1 Å². The Morgan fingerprint density at radius 3 is 2.55 bits per heavy atom. The van der Waals surface area contributed by atoms with E-state index in [4.69, 9.17) is 10.7 Å². The van der Waals surface area contributed by atoms with Crippen molar-refractivity contribution < 1.29 is 9.18 Å². The number of hydrogen-bond donors (Lipinski definition) is 2. The summed E-state index contributed by atoms with van der Waals surface area (Å²) in [4.78, 5) is 26.9. The molecule has 0 saturated carbocycles. The number of halogens is 1. The fourth-order valence-electron chi connectivity index (χ4n) is 3.12. The molecule has 1 amide bonds. The molecule has 0 aliphatic carbocycles. The average Bonchev–Trinajstić information content (AvgIpc) is 3.21. The highest BCUT2D eigenvalue weighted by Gasteiger charge is 2.15. The number of nitrogens with two attached hydrogens (primary N) is 1. The van der Waals surface area contributed by atoms with Crippen molar-refractivity contribution in [1.82, 2.24) is 15.0 Å². The molecular weight excluding hydrogens is 413 g/mol. The molecule has 31 heavy (non-hydrogen) atoms. The number of nitrogen functional groups attached to an aromatic ring is 1. The minimum atomic E-state index is -0.418. The predicted molar refractivity (Wildman–Crippen MR) is 121 cm³/mol. The van der Waals surface area contributed by atoms with Crippen molar-refractivity contribution in [1.29, 1.82) is 0 Å².